The second kappa shape index (κ2) is 4.22. The number of halogens is 1. The standard InChI is InChI=1S/C12H12ClN3O/c1-7-3-4-9(13)6-10(7)16-8(2)5-11(17)12(14)15-16/h3-6H,1-2H3,(H2,14,15). The molecular formula is C12H12ClN3O. The molecule has 2 rings (SSSR count). The first-order valence-corrected chi connectivity index (χ1v) is 5.50. The van der Waals surface area contributed by atoms with Gasteiger partial charge in [-0.1, -0.05) is 17.7 Å². The van der Waals surface area contributed by atoms with Gasteiger partial charge >= 0.3 is 0 Å². The number of aryl methyl sites for hydroxylation is 2. The lowest BCUT2D eigenvalue weighted by Crippen LogP contribution is -2.18. The Bertz CT molecular complexity index is 634. The molecule has 0 spiro atoms. The third kappa shape index (κ3) is 2.17. The van der Waals surface area contributed by atoms with Crippen molar-refractivity contribution in [1.29, 1.82) is 0 Å². The van der Waals surface area contributed by atoms with Crippen molar-refractivity contribution in [3.8, 4) is 5.69 Å². The highest BCUT2D eigenvalue weighted by molar-refractivity contribution is 6.30. The van der Waals surface area contributed by atoms with Crippen LogP contribution in [-0.4, -0.2) is 9.78 Å². The molecule has 0 saturated carbocycles. The average molecular weight is 250 g/mol. The van der Waals surface area contributed by atoms with E-state index in [1.54, 1.807) is 17.7 Å². The van der Waals surface area contributed by atoms with E-state index in [4.69, 9.17) is 17.3 Å². The van der Waals surface area contributed by atoms with Crippen molar-refractivity contribution in [3.05, 3.63) is 50.8 Å². The Balaban J connectivity index is 2.72. The van der Waals surface area contributed by atoms with Gasteiger partial charge in [-0.25, -0.2) is 4.68 Å². The number of rotatable bonds is 1. The van der Waals surface area contributed by atoms with Crippen LogP contribution in [0.15, 0.2) is 29.1 Å². The molecule has 0 saturated heterocycles. The summed E-state index contributed by atoms with van der Waals surface area (Å²) in [7, 11) is 0. The van der Waals surface area contributed by atoms with Gasteiger partial charge in [-0.2, -0.15) is 0 Å². The lowest BCUT2D eigenvalue weighted by molar-refractivity contribution is 0.802. The van der Waals surface area contributed by atoms with Crippen molar-refractivity contribution in [2.45, 2.75) is 13.8 Å². The molecule has 1 heterocycles. The number of hydrogen-bond donors (Lipinski definition) is 1. The van der Waals surface area contributed by atoms with E-state index in [-0.39, 0.29) is 11.2 Å². The highest BCUT2D eigenvalue weighted by atomic mass is 35.5. The fraction of sp³-hybridized carbons (Fsp3) is 0.167. The zero-order valence-corrected chi connectivity index (χ0v) is 10.3. The summed E-state index contributed by atoms with van der Waals surface area (Å²) >= 11 is 5.96. The zero-order chi connectivity index (χ0) is 12.6. The third-order valence-corrected chi connectivity index (χ3v) is 2.77. The Labute approximate surface area is 104 Å². The zero-order valence-electron chi connectivity index (χ0n) is 9.57. The monoisotopic (exact) mass is 249 g/mol. The van der Waals surface area contributed by atoms with Crippen LogP contribution in [0.2, 0.25) is 5.02 Å². The van der Waals surface area contributed by atoms with E-state index in [0.29, 0.717) is 5.02 Å². The number of nitrogen functional groups attached to an aromatic ring is 1. The molecule has 1 aromatic heterocycles. The fourth-order valence-corrected chi connectivity index (χ4v) is 1.78. The summed E-state index contributed by atoms with van der Waals surface area (Å²) in [5, 5.41) is 4.68. The summed E-state index contributed by atoms with van der Waals surface area (Å²) in [6, 6.07) is 6.96. The van der Waals surface area contributed by atoms with Crippen LogP contribution in [0.4, 0.5) is 5.82 Å². The first kappa shape index (κ1) is 11.7. The van der Waals surface area contributed by atoms with E-state index in [0.717, 1.165) is 16.9 Å². The molecule has 0 bridgehead atoms. The normalized spacial score (nSPS) is 10.5. The van der Waals surface area contributed by atoms with Crippen LogP contribution in [0.3, 0.4) is 0 Å². The van der Waals surface area contributed by atoms with Crippen molar-refractivity contribution in [2.75, 3.05) is 5.73 Å². The molecule has 0 unspecified atom stereocenters. The van der Waals surface area contributed by atoms with Gasteiger partial charge in [0.2, 0.25) is 5.43 Å². The van der Waals surface area contributed by atoms with E-state index in [1.165, 1.54) is 6.07 Å². The van der Waals surface area contributed by atoms with Crippen molar-refractivity contribution >= 4 is 17.4 Å². The van der Waals surface area contributed by atoms with Crippen LogP contribution >= 0.6 is 11.6 Å². The van der Waals surface area contributed by atoms with E-state index in [1.807, 2.05) is 19.1 Å². The molecule has 88 valence electrons. The molecular weight excluding hydrogens is 238 g/mol. The summed E-state index contributed by atoms with van der Waals surface area (Å²) in [6.45, 7) is 3.75. The van der Waals surface area contributed by atoms with Gasteiger partial charge in [0.1, 0.15) is 0 Å². The molecule has 0 aliphatic carbocycles. The Morgan fingerprint density at radius 3 is 2.71 bits per heavy atom. The SMILES string of the molecule is Cc1ccc(Cl)cc1-n1nc(N)c(=O)cc1C. The van der Waals surface area contributed by atoms with Crippen LogP contribution in [0.25, 0.3) is 5.69 Å². The summed E-state index contributed by atoms with van der Waals surface area (Å²) in [6.07, 6.45) is 0. The van der Waals surface area contributed by atoms with Crippen molar-refractivity contribution in [3.63, 3.8) is 0 Å². The molecule has 0 aliphatic heterocycles. The third-order valence-electron chi connectivity index (χ3n) is 2.53. The minimum Gasteiger partial charge on any atom is -0.379 e. The van der Waals surface area contributed by atoms with Crippen LogP contribution < -0.4 is 11.2 Å². The summed E-state index contributed by atoms with van der Waals surface area (Å²) in [5.41, 5.74) is 7.82. The first-order chi connectivity index (χ1) is 7.99. The summed E-state index contributed by atoms with van der Waals surface area (Å²) < 4.78 is 1.62. The molecule has 0 amide bonds. The number of aromatic nitrogens is 2. The Morgan fingerprint density at radius 1 is 1.29 bits per heavy atom. The van der Waals surface area contributed by atoms with Gasteiger partial charge in [0, 0.05) is 16.8 Å². The average Bonchev–Trinajstić information content (AvgIpc) is 2.27. The van der Waals surface area contributed by atoms with Gasteiger partial charge in [0.15, 0.2) is 5.82 Å². The van der Waals surface area contributed by atoms with Gasteiger partial charge in [-0.3, -0.25) is 4.79 Å². The minimum atomic E-state index is -0.265. The van der Waals surface area contributed by atoms with Gasteiger partial charge in [0.25, 0.3) is 0 Å². The molecule has 0 aliphatic rings. The van der Waals surface area contributed by atoms with E-state index < -0.39 is 0 Å². The molecule has 1 aromatic carbocycles. The summed E-state index contributed by atoms with van der Waals surface area (Å²) in [4.78, 5) is 11.3. The van der Waals surface area contributed by atoms with Crippen LogP contribution in [0, 0.1) is 13.8 Å². The quantitative estimate of drug-likeness (QED) is 0.842. The Kier molecular flexibility index (Phi) is 2.90. The highest BCUT2D eigenvalue weighted by Crippen LogP contribution is 2.19. The van der Waals surface area contributed by atoms with E-state index in [9.17, 15) is 4.79 Å². The lowest BCUT2D eigenvalue weighted by Gasteiger charge is -2.12. The van der Waals surface area contributed by atoms with E-state index >= 15 is 0 Å². The maximum atomic E-state index is 11.3. The number of nitrogens with two attached hydrogens (primary N) is 1. The maximum absolute atomic E-state index is 11.3. The van der Waals surface area contributed by atoms with Gasteiger partial charge in [-0.15, -0.1) is 5.10 Å². The number of nitrogens with zero attached hydrogens (tertiary/aromatic N) is 2. The van der Waals surface area contributed by atoms with Gasteiger partial charge in [0.05, 0.1) is 5.69 Å². The highest BCUT2D eigenvalue weighted by Gasteiger charge is 2.07. The predicted molar refractivity (Wildman–Crippen MR) is 68.7 cm³/mol. The lowest BCUT2D eigenvalue weighted by atomic mass is 10.2. The Morgan fingerprint density at radius 2 is 2.00 bits per heavy atom. The van der Waals surface area contributed by atoms with Crippen molar-refractivity contribution < 1.29 is 0 Å². The molecule has 5 heteroatoms. The predicted octanol–water partition coefficient (Wildman–Crippen LogP) is 2.08. The molecule has 17 heavy (non-hydrogen) atoms. The smallest absolute Gasteiger partial charge is 0.224 e. The number of benzene rings is 1. The molecule has 0 fully saturated rings. The second-order valence-electron chi connectivity index (χ2n) is 3.88. The number of hydrogen-bond acceptors (Lipinski definition) is 3. The van der Waals surface area contributed by atoms with Gasteiger partial charge in [-0.05, 0) is 31.5 Å². The topological polar surface area (TPSA) is 60.9 Å². The molecule has 2 aromatic rings. The van der Waals surface area contributed by atoms with Crippen molar-refractivity contribution in [1.82, 2.24) is 9.78 Å². The second-order valence-corrected chi connectivity index (χ2v) is 4.31. The molecule has 2 N–H and O–H groups in total. The summed E-state index contributed by atoms with van der Waals surface area (Å²) in [5.74, 6) is -0.0185. The van der Waals surface area contributed by atoms with E-state index in [2.05, 4.69) is 5.10 Å². The Hall–Kier alpha value is -1.81. The molecule has 0 radical (unpaired) electrons. The van der Waals surface area contributed by atoms with Gasteiger partial charge < -0.3 is 5.73 Å². The van der Waals surface area contributed by atoms with Crippen molar-refractivity contribution in [2.24, 2.45) is 0 Å². The molecule has 4 nitrogen and oxygen atoms in total. The maximum Gasteiger partial charge on any atom is 0.224 e. The van der Waals surface area contributed by atoms with Crippen LogP contribution in [0.1, 0.15) is 11.3 Å². The first-order valence-electron chi connectivity index (χ1n) is 5.12. The minimum absolute atomic E-state index is 0.0185. The molecule has 0 atom stereocenters. The van der Waals surface area contributed by atoms with Crippen LogP contribution in [-0.2, 0) is 0 Å². The fourth-order valence-electron chi connectivity index (χ4n) is 1.62. The largest absolute Gasteiger partial charge is 0.379 e. The van der Waals surface area contributed by atoms with Crippen LogP contribution in [0.5, 0.6) is 0 Å². The number of anilines is 1.